The lowest BCUT2D eigenvalue weighted by atomic mass is 10.1. The normalized spacial score (nSPS) is 14.7. The average molecular weight is 284 g/mol. The first-order valence-corrected chi connectivity index (χ1v) is 7.57. The number of hydrogen-bond donors (Lipinski definition) is 1. The first-order chi connectivity index (χ1) is 10.3. The molecule has 1 aliphatic rings. The summed E-state index contributed by atoms with van der Waals surface area (Å²) in [5.74, 6) is -0.198. The summed E-state index contributed by atoms with van der Waals surface area (Å²) in [4.78, 5) is 2.36. The molecule has 0 unspecified atom stereocenters. The highest BCUT2D eigenvalue weighted by Gasteiger charge is 2.15. The van der Waals surface area contributed by atoms with Gasteiger partial charge >= 0.3 is 0 Å². The van der Waals surface area contributed by atoms with E-state index in [1.54, 1.807) is 6.07 Å². The zero-order chi connectivity index (χ0) is 14.7. The number of fused-ring (bicyclic) bond motifs is 1. The van der Waals surface area contributed by atoms with Crippen molar-refractivity contribution in [3.05, 3.63) is 65.0 Å². The fourth-order valence-corrected chi connectivity index (χ4v) is 3.08. The molecule has 0 saturated carbocycles. The lowest BCUT2D eigenvalue weighted by Gasteiger charge is -2.25. The summed E-state index contributed by atoms with van der Waals surface area (Å²) in [6, 6.07) is 13.7. The van der Waals surface area contributed by atoms with Gasteiger partial charge in [0.05, 0.1) is 0 Å². The Labute approximate surface area is 125 Å². The predicted molar refractivity (Wildman–Crippen MR) is 84.7 cm³/mol. The minimum absolute atomic E-state index is 0.198. The third-order valence-electron chi connectivity index (χ3n) is 4.08. The minimum Gasteiger partial charge on any atom is -0.367 e. The van der Waals surface area contributed by atoms with Crippen LogP contribution < -0.4 is 10.6 Å². The van der Waals surface area contributed by atoms with E-state index in [-0.39, 0.29) is 5.82 Å². The standard InChI is InChI=1S/C18H21FN2/c19-17-10-14(12-20)9-15(11-17)13-21-8-4-3-6-16-5-1-2-7-18(16)21/h1-2,5,7,9-11H,3-4,6,8,12-13,20H2. The fourth-order valence-electron chi connectivity index (χ4n) is 3.08. The van der Waals surface area contributed by atoms with Gasteiger partial charge in [-0.2, -0.15) is 0 Å². The molecule has 110 valence electrons. The Morgan fingerprint density at radius 1 is 1.05 bits per heavy atom. The van der Waals surface area contributed by atoms with Crippen molar-refractivity contribution in [3.63, 3.8) is 0 Å². The van der Waals surface area contributed by atoms with E-state index in [4.69, 9.17) is 5.73 Å². The maximum Gasteiger partial charge on any atom is 0.123 e. The molecular weight excluding hydrogens is 263 g/mol. The molecule has 1 heterocycles. The predicted octanol–water partition coefficient (Wildman–Crippen LogP) is 3.63. The van der Waals surface area contributed by atoms with Crippen LogP contribution >= 0.6 is 0 Å². The van der Waals surface area contributed by atoms with E-state index in [0.717, 1.165) is 30.6 Å². The van der Waals surface area contributed by atoms with Crippen LogP contribution in [0.15, 0.2) is 42.5 Å². The Kier molecular flexibility index (Phi) is 4.20. The summed E-state index contributed by atoms with van der Waals surface area (Å²) in [6.45, 7) is 2.13. The van der Waals surface area contributed by atoms with Gasteiger partial charge in [-0.1, -0.05) is 24.3 Å². The number of nitrogens with two attached hydrogens (primary N) is 1. The van der Waals surface area contributed by atoms with E-state index < -0.39 is 0 Å². The second-order valence-electron chi connectivity index (χ2n) is 5.68. The quantitative estimate of drug-likeness (QED) is 0.932. The van der Waals surface area contributed by atoms with Gasteiger partial charge in [0.2, 0.25) is 0 Å². The second kappa shape index (κ2) is 6.27. The van der Waals surface area contributed by atoms with Gasteiger partial charge in [0, 0.05) is 25.3 Å². The molecule has 1 aliphatic heterocycles. The molecule has 3 rings (SSSR count). The van der Waals surface area contributed by atoms with Gasteiger partial charge in [0.1, 0.15) is 5.82 Å². The van der Waals surface area contributed by atoms with Gasteiger partial charge in [-0.05, 0) is 54.2 Å². The highest BCUT2D eigenvalue weighted by Crippen LogP contribution is 2.27. The number of rotatable bonds is 3. The van der Waals surface area contributed by atoms with Crippen LogP contribution in [-0.4, -0.2) is 6.54 Å². The number of aryl methyl sites for hydroxylation is 1. The highest BCUT2D eigenvalue weighted by atomic mass is 19.1. The molecule has 0 spiro atoms. The monoisotopic (exact) mass is 284 g/mol. The summed E-state index contributed by atoms with van der Waals surface area (Å²) >= 11 is 0. The maximum atomic E-state index is 13.7. The molecular formula is C18H21FN2. The molecule has 2 aromatic rings. The molecule has 0 amide bonds. The molecule has 0 aliphatic carbocycles. The number of hydrogen-bond acceptors (Lipinski definition) is 2. The van der Waals surface area contributed by atoms with Gasteiger partial charge in [0.25, 0.3) is 0 Å². The van der Waals surface area contributed by atoms with Gasteiger partial charge in [-0.3, -0.25) is 0 Å². The second-order valence-corrected chi connectivity index (χ2v) is 5.68. The zero-order valence-electron chi connectivity index (χ0n) is 12.2. The van der Waals surface area contributed by atoms with Crippen LogP contribution in [-0.2, 0) is 19.5 Å². The molecule has 0 fully saturated rings. The van der Waals surface area contributed by atoms with Crippen molar-refractivity contribution < 1.29 is 4.39 Å². The topological polar surface area (TPSA) is 29.3 Å². The highest BCUT2D eigenvalue weighted by molar-refractivity contribution is 5.54. The minimum atomic E-state index is -0.198. The van der Waals surface area contributed by atoms with E-state index >= 15 is 0 Å². The first kappa shape index (κ1) is 14.1. The number of para-hydroxylation sites is 1. The van der Waals surface area contributed by atoms with Crippen LogP contribution in [0.4, 0.5) is 10.1 Å². The lowest BCUT2D eigenvalue weighted by molar-refractivity contribution is 0.621. The molecule has 0 aromatic heterocycles. The fraction of sp³-hybridized carbons (Fsp3) is 0.333. The Morgan fingerprint density at radius 2 is 1.86 bits per heavy atom. The number of halogens is 1. The largest absolute Gasteiger partial charge is 0.367 e. The van der Waals surface area contributed by atoms with Gasteiger partial charge in [-0.25, -0.2) is 4.39 Å². The maximum absolute atomic E-state index is 13.7. The summed E-state index contributed by atoms with van der Waals surface area (Å²) in [7, 11) is 0. The SMILES string of the molecule is NCc1cc(F)cc(CN2CCCCc3ccccc32)c1. The number of anilines is 1. The van der Waals surface area contributed by atoms with Crippen molar-refractivity contribution >= 4 is 5.69 Å². The van der Waals surface area contributed by atoms with Crippen molar-refractivity contribution in [2.75, 3.05) is 11.4 Å². The molecule has 0 bridgehead atoms. The van der Waals surface area contributed by atoms with Crippen molar-refractivity contribution in [2.45, 2.75) is 32.4 Å². The van der Waals surface area contributed by atoms with Gasteiger partial charge < -0.3 is 10.6 Å². The molecule has 0 saturated heterocycles. The summed E-state index contributed by atoms with van der Waals surface area (Å²) < 4.78 is 13.7. The molecule has 3 heteroatoms. The van der Waals surface area contributed by atoms with E-state index in [1.807, 2.05) is 6.07 Å². The first-order valence-electron chi connectivity index (χ1n) is 7.57. The molecule has 0 radical (unpaired) electrons. The Hall–Kier alpha value is -1.87. The molecule has 2 aromatic carbocycles. The summed E-state index contributed by atoms with van der Waals surface area (Å²) in [6.07, 6.45) is 3.52. The average Bonchev–Trinajstić information content (AvgIpc) is 2.69. The Morgan fingerprint density at radius 3 is 2.71 bits per heavy atom. The summed E-state index contributed by atoms with van der Waals surface area (Å²) in [5, 5.41) is 0. The van der Waals surface area contributed by atoms with E-state index in [9.17, 15) is 4.39 Å². The smallest absolute Gasteiger partial charge is 0.123 e. The lowest BCUT2D eigenvalue weighted by Crippen LogP contribution is -2.23. The van der Waals surface area contributed by atoms with Crippen LogP contribution in [0, 0.1) is 5.82 Å². The van der Waals surface area contributed by atoms with Crippen molar-refractivity contribution in [1.82, 2.24) is 0 Å². The molecule has 2 N–H and O–H groups in total. The Balaban J connectivity index is 1.89. The van der Waals surface area contributed by atoms with Crippen LogP contribution in [0.2, 0.25) is 0 Å². The van der Waals surface area contributed by atoms with E-state index in [0.29, 0.717) is 6.54 Å². The van der Waals surface area contributed by atoms with Crippen LogP contribution in [0.3, 0.4) is 0 Å². The third kappa shape index (κ3) is 3.24. The molecule has 21 heavy (non-hydrogen) atoms. The number of nitrogens with zero attached hydrogens (tertiary/aromatic N) is 1. The van der Waals surface area contributed by atoms with Crippen LogP contribution in [0.5, 0.6) is 0 Å². The Bertz CT molecular complexity index is 624. The zero-order valence-corrected chi connectivity index (χ0v) is 12.2. The van der Waals surface area contributed by atoms with E-state index in [2.05, 4.69) is 29.2 Å². The van der Waals surface area contributed by atoms with Crippen molar-refractivity contribution in [2.24, 2.45) is 5.73 Å². The molecule has 0 atom stereocenters. The van der Waals surface area contributed by atoms with E-state index in [1.165, 1.54) is 30.2 Å². The third-order valence-corrected chi connectivity index (χ3v) is 4.08. The van der Waals surface area contributed by atoms with Crippen molar-refractivity contribution in [3.8, 4) is 0 Å². The van der Waals surface area contributed by atoms with Crippen LogP contribution in [0.1, 0.15) is 29.5 Å². The molecule has 2 nitrogen and oxygen atoms in total. The van der Waals surface area contributed by atoms with Gasteiger partial charge in [0.15, 0.2) is 0 Å². The summed E-state index contributed by atoms with van der Waals surface area (Å²) in [5.41, 5.74) is 10.2. The van der Waals surface area contributed by atoms with Crippen LogP contribution in [0.25, 0.3) is 0 Å². The van der Waals surface area contributed by atoms with Crippen molar-refractivity contribution in [1.29, 1.82) is 0 Å². The number of benzene rings is 2. The van der Waals surface area contributed by atoms with Gasteiger partial charge in [-0.15, -0.1) is 0 Å².